The first-order chi connectivity index (χ1) is 10.8. The van der Waals surface area contributed by atoms with Crippen LogP contribution in [0.5, 0.6) is 0 Å². The second-order valence-corrected chi connectivity index (χ2v) is 6.36. The van der Waals surface area contributed by atoms with Gasteiger partial charge in [-0.05, 0) is 50.8 Å². The molecule has 0 aromatic heterocycles. The summed E-state index contributed by atoms with van der Waals surface area (Å²) in [6.07, 6.45) is 0.899. The summed E-state index contributed by atoms with van der Waals surface area (Å²) in [5.41, 5.74) is 4.21. The van der Waals surface area contributed by atoms with Gasteiger partial charge in [0.2, 0.25) is 0 Å². The van der Waals surface area contributed by atoms with E-state index >= 15 is 0 Å². The van der Waals surface area contributed by atoms with Crippen molar-refractivity contribution in [2.45, 2.75) is 47.0 Å². The van der Waals surface area contributed by atoms with Gasteiger partial charge in [0.05, 0.1) is 18.4 Å². The molecule has 1 saturated carbocycles. The molecule has 0 N–H and O–H groups in total. The van der Waals surface area contributed by atoms with Crippen molar-refractivity contribution in [3.05, 3.63) is 34.4 Å². The Hall–Kier alpha value is -1.97. The van der Waals surface area contributed by atoms with Crippen molar-refractivity contribution in [2.75, 3.05) is 6.61 Å². The van der Waals surface area contributed by atoms with Gasteiger partial charge in [-0.25, -0.2) is 0 Å². The molecule has 0 amide bonds. The maximum atomic E-state index is 12.7. The Bertz CT molecular complexity index is 622. The Balaban J connectivity index is 2.22. The lowest BCUT2D eigenvalue weighted by molar-refractivity contribution is -0.152. The number of hydrogen-bond acceptors (Lipinski definition) is 4. The average Bonchev–Trinajstić information content (AvgIpc) is 2.85. The number of carbonyl (C=O) groups excluding carboxylic acids is 3. The van der Waals surface area contributed by atoms with Crippen molar-refractivity contribution < 1.29 is 19.1 Å². The van der Waals surface area contributed by atoms with Gasteiger partial charge in [-0.1, -0.05) is 17.7 Å². The lowest BCUT2D eigenvalue weighted by Gasteiger charge is -2.17. The number of esters is 1. The molecule has 0 radical (unpaired) electrons. The Morgan fingerprint density at radius 1 is 1.17 bits per heavy atom. The van der Waals surface area contributed by atoms with Gasteiger partial charge in [-0.2, -0.15) is 0 Å². The van der Waals surface area contributed by atoms with E-state index < -0.39 is 17.8 Å². The minimum atomic E-state index is -0.839. The highest BCUT2D eigenvalue weighted by molar-refractivity contribution is 6.08. The number of carbonyl (C=O) groups is 3. The van der Waals surface area contributed by atoms with Crippen molar-refractivity contribution in [1.29, 1.82) is 0 Å². The molecule has 1 aromatic carbocycles. The van der Waals surface area contributed by atoms with Gasteiger partial charge in [0, 0.05) is 12.8 Å². The zero-order chi connectivity index (χ0) is 17.1. The van der Waals surface area contributed by atoms with Crippen molar-refractivity contribution in [2.24, 2.45) is 11.8 Å². The molecule has 1 aromatic rings. The van der Waals surface area contributed by atoms with E-state index in [1.54, 1.807) is 6.92 Å². The highest BCUT2D eigenvalue weighted by Crippen LogP contribution is 2.32. The van der Waals surface area contributed by atoms with Gasteiger partial charge in [-0.15, -0.1) is 0 Å². The van der Waals surface area contributed by atoms with E-state index in [9.17, 15) is 14.4 Å². The van der Waals surface area contributed by atoms with Gasteiger partial charge < -0.3 is 4.74 Å². The van der Waals surface area contributed by atoms with Crippen LogP contribution in [0.15, 0.2) is 12.1 Å². The number of rotatable bonds is 5. The van der Waals surface area contributed by atoms with E-state index in [1.165, 1.54) is 0 Å². The summed E-state index contributed by atoms with van der Waals surface area (Å²) in [7, 11) is 0. The summed E-state index contributed by atoms with van der Waals surface area (Å²) in [5, 5.41) is 0. The van der Waals surface area contributed by atoms with Crippen LogP contribution in [0.2, 0.25) is 0 Å². The van der Waals surface area contributed by atoms with Crippen LogP contribution in [0.4, 0.5) is 0 Å². The monoisotopic (exact) mass is 316 g/mol. The Morgan fingerprint density at radius 3 is 2.35 bits per heavy atom. The van der Waals surface area contributed by atoms with Crippen LogP contribution in [0.1, 0.15) is 42.0 Å². The Morgan fingerprint density at radius 2 is 1.78 bits per heavy atom. The van der Waals surface area contributed by atoms with E-state index in [-0.39, 0.29) is 31.0 Å². The minimum Gasteiger partial charge on any atom is -0.466 e. The van der Waals surface area contributed by atoms with Gasteiger partial charge in [-0.3, -0.25) is 14.4 Å². The zero-order valence-corrected chi connectivity index (χ0v) is 14.3. The average molecular weight is 316 g/mol. The molecule has 4 heteroatoms. The van der Waals surface area contributed by atoms with Gasteiger partial charge >= 0.3 is 5.97 Å². The van der Waals surface area contributed by atoms with Crippen LogP contribution < -0.4 is 0 Å². The third-order valence-electron chi connectivity index (χ3n) is 4.58. The maximum Gasteiger partial charge on any atom is 0.310 e. The molecule has 2 rings (SSSR count). The molecular weight excluding hydrogens is 292 g/mol. The Labute approximate surface area is 137 Å². The van der Waals surface area contributed by atoms with Crippen LogP contribution in [0.25, 0.3) is 0 Å². The second kappa shape index (κ2) is 7.07. The number of aryl methyl sites for hydroxylation is 3. The third-order valence-corrected chi connectivity index (χ3v) is 4.58. The van der Waals surface area contributed by atoms with Crippen LogP contribution in [-0.2, 0) is 25.5 Å². The van der Waals surface area contributed by atoms with E-state index in [0.29, 0.717) is 6.42 Å². The zero-order valence-electron chi connectivity index (χ0n) is 14.3. The first-order valence-corrected chi connectivity index (χ1v) is 8.14. The van der Waals surface area contributed by atoms with E-state index in [2.05, 4.69) is 0 Å². The summed E-state index contributed by atoms with van der Waals surface area (Å²) < 4.78 is 5.02. The molecule has 4 nitrogen and oxygen atoms in total. The SMILES string of the molecule is CCOC(=O)C1CCC(=O)C1C(=O)Cc1c(C)cc(C)cc1C. The van der Waals surface area contributed by atoms with Crippen LogP contribution >= 0.6 is 0 Å². The topological polar surface area (TPSA) is 60.4 Å². The highest BCUT2D eigenvalue weighted by atomic mass is 16.5. The van der Waals surface area contributed by atoms with E-state index in [4.69, 9.17) is 4.74 Å². The molecule has 23 heavy (non-hydrogen) atoms. The number of hydrogen-bond donors (Lipinski definition) is 0. The highest BCUT2D eigenvalue weighted by Gasteiger charge is 2.44. The molecule has 0 aliphatic heterocycles. The molecule has 0 heterocycles. The number of ketones is 2. The third kappa shape index (κ3) is 3.69. The lowest BCUT2D eigenvalue weighted by Crippen LogP contribution is -2.32. The van der Waals surface area contributed by atoms with Crippen molar-refractivity contribution in [3.63, 3.8) is 0 Å². The fourth-order valence-corrected chi connectivity index (χ4v) is 3.52. The molecule has 0 spiro atoms. The minimum absolute atomic E-state index is 0.129. The van der Waals surface area contributed by atoms with Crippen LogP contribution in [0.3, 0.4) is 0 Å². The van der Waals surface area contributed by atoms with Crippen molar-refractivity contribution in [3.8, 4) is 0 Å². The summed E-state index contributed by atoms with van der Waals surface area (Å²) >= 11 is 0. The first-order valence-electron chi connectivity index (χ1n) is 8.14. The largest absolute Gasteiger partial charge is 0.466 e. The number of Topliss-reactive ketones (excluding diaryl/α,β-unsaturated/α-hetero) is 2. The quantitative estimate of drug-likeness (QED) is 0.619. The molecule has 1 fully saturated rings. The molecular formula is C19H24O4. The smallest absolute Gasteiger partial charge is 0.310 e. The number of ether oxygens (including phenoxy) is 1. The molecule has 0 saturated heterocycles. The molecule has 1 aliphatic carbocycles. The second-order valence-electron chi connectivity index (χ2n) is 6.36. The van der Waals surface area contributed by atoms with Crippen LogP contribution in [0, 0.1) is 32.6 Å². The summed E-state index contributed by atoms with van der Waals surface area (Å²) in [6.45, 7) is 7.96. The normalized spacial score (nSPS) is 20.6. The summed E-state index contributed by atoms with van der Waals surface area (Å²) in [4.78, 5) is 36.8. The summed E-state index contributed by atoms with van der Waals surface area (Å²) in [5.74, 6) is -2.17. The standard InChI is InChI=1S/C19H24O4/c1-5-23-19(22)14-6-7-16(20)18(14)17(21)10-15-12(3)8-11(2)9-13(15)4/h8-9,14,18H,5-7,10H2,1-4H3. The molecule has 2 unspecified atom stereocenters. The van der Waals surface area contributed by atoms with Gasteiger partial charge in [0.1, 0.15) is 11.6 Å². The Kier molecular flexibility index (Phi) is 5.34. The molecule has 124 valence electrons. The maximum absolute atomic E-state index is 12.7. The van der Waals surface area contributed by atoms with Crippen molar-refractivity contribution >= 4 is 17.5 Å². The van der Waals surface area contributed by atoms with Gasteiger partial charge in [0.25, 0.3) is 0 Å². The van der Waals surface area contributed by atoms with E-state index in [1.807, 2.05) is 32.9 Å². The summed E-state index contributed by atoms with van der Waals surface area (Å²) in [6, 6.07) is 4.07. The number of benzene rings is 1. The molecule has 0 bridgehead atoms. The van der Waals surface area contributed by atoms with Gasteiger partial charge in [0.15, 0.2) is 0 Å². The van der Waals surface area contributed by atoms with Crippen LogP contribution in [-0.4, -0.2) is 24.1 Å². The van der Waals surface area contributed by atoms with E-state index in [0.717, 1.165) is 22.3 Å². The fourth-order valence-electron chi connectivity index (χ4n) is 3.52. The van der Waals surface area contributed by atoms with Crippen molar-refractivity contribution in [1.82, 2.24) is 0 Å². The fraction of sp³-hybridized carbons (Fsp3) is 0.526. The predicted molar refractivity (Wildman–Crippen MR) is 87.2 cm³/mol. The molecule has 1 aliphatic rings. The lowest BCUT2D eigenvalue weighted by atomic mass is 9.86. The first kappa shape index (κ1) is 17.4. The predicted octanol–water partition coefficient (Wildman–Crippen LogP) is 2.88. The molecule has 2 atom stereocenters.